The van der Waals surface area contributed by atoms with Crippen molar-refractivity contribution < 1.29 is 4.92 Å². The molecule has 0 spiro atoms. The van der Waals surface area contributed by atoms with Crippen LogP contribution < -0.4 is 0 Å². The second kappa shape index (κ2) is 2.49. The summed E-state index contributed by atoms with van der Waals surface area (Å²) in [5, 5.41) is 10.1. The third kappa shape index (κ3) is 1.43. The van der Waals surface area contributed by atoms with Gasteiger partial charge in [-0.05, 0) is 0 Å². The van der Waals surface area contributed by atoms with E-state index in [1.54, 1.807) is 0 Å². The van der Waals surface area contributed by atoms with E-state index in [9.17, 15) is 10.1 Å². The topological polar surface area (TPSA) is 43.1 Å². The van der Waals surface area contributed by atoms with Crippen LogP contribution >= 0.6 is 0 Å². The molecule has 0 amide bonds. The molecule has 0 saturated heterocycles. The van der Waals surface area contributed by atoms with Crippen molar-refractivity contribution in [2.75, 3.05) is 0 Å². The maximum atomic E-state index is 10.1. The summed E-state index contributed by atoms with van der Waals surface area (Å²) in [6, 6.07) is -0.397. The number of hydrogen-bond donors (Lipinski definition) is 0. The zero-order valence-corrected chi connectivity index (χ0v) is 4.96. The summed E-state index contributed by atoms with van der Waals surface area (Å²) >= 11 is 0. The van der Waals surface area contributed by atoms with Crippen LogP contribution in [0.15, 0.2) is 0 Å². The minimum absolute atomic E-state index is 0.242. The van der Waals surface area contributed by atoms with Gasteiger partial charge in [-0.15, -0.1) is 5.92 Å². The van der Waals surface area contributed by atoms with Crippen LogP contribution in [0.5, 0.6) is 0 Å². The molecule has 0 N–H and O–H groups in total. The molecule has 48 valence electrons. The van der Waals surface area contributed by atoms with Crippen molar-refractivity contribution in [1.82, 2.24) is 0 Å². The molecule has 3 nitrogen and oxygen atoms in total. The van der Waals surface area contributed by atoms with Gasteiger partial charge in [-0.1, -0.05) is 5.92 Å². The highest BCUT2D eigenvalue weighted by Gasteiger charge is 2.19. The third-order valence-corrected chi connectivity index (χ3v) is 1.36. The molecule has 1 unspecified atom stereocenters. The van der Waals surface area contributed by atoms with E-state index in [0.29, 0.717) is 19.3 Å². The van der Waals surface area contributed by atoms with Crippen molar-refractivity contribution in [3.8, 4) is 11.8 Å². The lowest BCUT2D eigenvalue weighted by Crippen LogP contribution is -2.19. The van der Waals surface area contributed by atoms with E-state index in [2.05, 4.69) is 11.8 Å². The number of nitro groups is 1. The fraction of sp³-hybridized carbons (Fsp3) is 0.667. The van der Waals surface area contributed by atoms with Crippen molar-refractivity contribution in [1.29, 1.82) is 0 Å². The molecule has 0 aromatic carbocycles. The molecule has 0 fully saturated rings. The minimum atomic E-state index is -0.397. The summed E-state index contributed by atoms with van der Waals surface area (Å²) in [7, 11) is 0. The predicted molar refractivity (Wildman–Crippen MR) is 32.4 cm³/mol. The summed E-state index contributed by atoms with van der Waals surface area (Å²) in [5.74, 6) is 5.54. The Kier molecular flexibility index (Phi) is 1.69. The van der Waals surface area contributed by atoms with Crippen molar-refractivity contribution in [3.05, 3.63) is 10.1 Å². The molecule has 0 bridgehead atoms. The first-order valence-electron chi connectivity index (χ1n) is 2.90. The van der Waals surface area contributed by atoms with E-state index < -0.39 is 6.04 Å². The normalized spacial score (nSPS) is 24.2. The fourth-order valence-electron chi connectivity index (χ4n) is 0.799. The number of rotatable bonds is 1. The molecule has 1 aliphatic rings. The van der Waals surface area contributed by atoms with Gasteiger partial charge in [-0.25, -0.2) is 0 Å². The van der Waals surface area contributed by atoms with Crippen LogP contribution in [0.2, 0.25) is 0 Å². The summed E-state index contributed by atoms with van der Waals surface area (Å²) in [4.78, 5) is 9.85. The van der Waals surface area contributed by atoms with Crippen LogP contribution in [-0.2, 0) is 0 Å². The molecule has 1 rings (SSSR count). The molecule has 0 radical (unpaired) electrons. The average Bonchev–Trinajstić information content (AvgIpc) is 1.90. The summed E-state index contributed by atoms with van der Waals surface area (Å²) < 4.78 is 0. The lowest BCUT2D eigenvalue weighted by Gasteiger charge is -2.05. The van der Waals surface area contributed by atoms with Crippen molar-refractivity contribution >= 4 is 0 Å². The van der Waals surface area contributed by atoms with Crippen LogP contribution in [0.1, 0.15) is 19.3 Å². The standard InChI is InChI=1S/C6H7NO2/c8-7(9)6-4-2-1-3-5-6/h6H,2,4-5H2. The highest BCUT2D eigenvalue weighted by molar-refractivity contribution is 5.04. The lowest BCUT2D eigenvalue weighted by atomic mass is 10.1. The van der Waals surface area contributed by atoms with E-state index >= 15 is 0 Å². The van der Waals surface area contributed by atoms with Crippen LogP contribution in [0, 0.1) is 22.0 Å². The lowest BCUT2D eigenvalue weighted by molar-refractivity contribution is -0.522. The Morgan fingerprint density at radius 1 is 1.56 bits per heavy atom. The fourth-order valence-corrected chi connectivity index (χ4v) is 0.799. The Morgan fingerprint density at radius 2 is 2.33 bits per heavy atom. The molecule has 0 saturated carbocycles. The van der Waals surface area contributed by atoms with Gasteiger partial charge in [0, 0.05) is 17.8 Å². The molecule has 1 atom stereocenters. The van der Waals surface area contributed by atoms with E-state index in [1.165, 1.54) is 0 Å². The average molecular weight is 125 g/mol. The van der Waals surface area contributed by atoms with Crippen LogP contribution in [0.25, 0.3) is 0 Å². The summed E-state index contributed by atoms with van der Waals surface area (Å²) in [6.45, 7) is 0. The molecule has 1 aliphatic carbocycles. The summed E-state index contributed by atoms with van der Waals surface area (Å²) in [5.41, 5.74) is 0. The Labute approximate surface area is 53.2 Å². The highest BCUT2D eigenvalue weighted by Crippen LogP contribution is 2.08. The largest absolute Gasteiger partial charge is 0.264 e. The zero-order chi connectivity index (χ0) is 6.69. The molecule has 0 heterocycles. The van der Waals surface area contributed by atoms with Gasteiger partial charge in [0.1, 0.15) is 0 Å². The van der Waals surface area contributed by atoms with Crippen LogP contribution in [0.4, 0.5) is 0 Å². The second-order valence-corrected chi connectivity index (χ2v) is 2.04. The van der Waals surface area contributed by atoms with Crippen molar-refractivity contribution in [3.63, 3.8) is 0 Å². The van der Waals surface area contributed by atoms with Crippen LogP contribution in [0.3, 0.4) is 0 Å². The van der Waals surface area contributed by atoms with Crippen molar-refractivity contribution in [2.24, 2.45) is 0 Å². The van der Waals surface area contributed by atoms with E-state index in [4.69, 9.17) is 0 Å². The van der Waals surface area contributed by atoms with Gasteiger partial charge in [-0.2, -0.15) is 0 Å². The third-order valence-electron chi connectivity index (χ3n) is 1.36. The van der Waals surface area contributed by atoms with Gasteiger partial charge < -0.3 is 0 Å². The maximum Gasteiger partial charge on any atom is 0.224 e. The Balaban J connectivity index is 2.48. The molecular formula is C6H7NO2. The maximum absolute atomic E-state index is 10.1. The Morgan fingerprint density at radius 3 is 2.67 bits per heavy atom. The van der Waals surface area contributed by atoms with Gasteiger partial charge in [0.25, 0.3) is 0 Å². The molecule has 0 aromatic rings. The van der Waals surface area contributed by atoms with Gasteiger partial charge in [-0.3, -0.25) is 10.1 Å². The molecule has 0 aromatic heterocycles. The van der Waals surface area contributed by atoms with Gasteiger partial charge in [0.15, 0.2) is 0 Å². The molecule has 9 heavy (non-hydrogen) atoms. The first-order valence-corrected chi connectivity index (χ1v) is 2.90. The smallest absolute Gasteiger partial charge is 0.224 e. The summed E-state index contributed by atoms with van der Waals surface area (Å²) in [6.07, 6.45) is 1.75. The van der Waals surface area contributed by atoms with Gasteiger partial charge in [0.2, 0.25) is 6.04 Å². The SMILES string of the molecule is O=[N+]([O-])C1CC#CCC1. The predicted octanol–water partition coefficient (Wildman–Crippen LogP) is 0.819. The monoisotopic (exact) mass is 125 g/mol. The minimum Gasteiger partial charge on any atom is -0.264 e. The second-order valence-electron chi connectivity index (χ2n) is 2.04. The van der Waals surface area contributed by atoms with E-state index in [1.807, 2.05) is 0 Å². The molecular weight excluding hydrogens is 118 g/mol. The Hall–Kier alpha value is -1.04. The molecule has 0 aliphatic heterocycles. The van der Waals surface area contributed by atoms with Crippen LogP contribution in [-0.4, -0.2) is 11.0 Å². The van der Waals surface area contributed by atoms with E-state index in [0.717, 1.165) is 0 Å². The highest BCUT2D eigenvalue weighted by atomic mass is 16.6. The van der Waals surface area contributed by atoms with Gasteiger partial charge >= 0.3 is 0 Å². The first-order chi connectivity index (χ1) is 4.30. The molecule has 3 heteroatoms. The van der Waals surface area contributed by atoms with Crippen molar-refractivity contribution in [2.45, 2.75) is 25.3 Å². The number of nitrogens with zero attached hydrogens (tertiary/aromatic N) is 1. The first kappa shape index (κ1) is 6.09. The number of hydrogen-bond acceptors (Lipinski definition) is 2. The zero-order valence-electron chi connectivity index (χ0n) is 4.96. The van der Waals surface area contributed by atoms with Gasteiger partial charge in [0.05, 0.1) is 6.42 Å². The Bertz CT molecular complexity index is 177. The van der Waals surface area contributed by atoms with E-state index in [-0.39, 0.29) is 4.92 Å². The quantitative estimate of drug-likeness (QED) is 0.296.